The van der Waals surface area contributed by atoms with Crippen LogP contribution >= 0.6 is 11.6 Å². The third kappa shape index (κ3) is 2.84. The highest BCUT2D eigenvalue weighted by Crippen LogP contribution is 2.05. The predicted octanol–water partition coefficient (Wildman–Crippen LogP) is 1.55. The van der Waals surface area contributed by atoms with Gasteiger partial charge in [0, 0.05) is 17.5 Å². The van der Waals surface area contributed by atoms with Crippen LogP contribution in [0.3, 0.4) is 0 Å². The smallest absolute Gasteiger partial charge is 0.207 e. The molecule has 0 fully saturated rings. The average Bonchev–Trinajstić information content (AvgIpc) is 2.03. The number of nitro groups is 1. The standard InChI is InChI=1S/C7H7ClN2O2/c8-7-2-1-6(5-9-7)3-4-10(11)12/h1-2,5H,3-4H2. The zero-order valence-corrected chi connectivity index (χ0v) is 6.99. The van der Waals surface area contributed by atoms with Gasteiger partial charge >= 0.3 is 0 Å². The molecule has 1 aromatic rings. The number of rotatable bonds is 3. The second kappa shape index (κ2) is 4.01. The summed E-state index contributed by atoms with van der Waals surface area (Å²) in [6.45, 7) is -0.0662. The monoisotopic (exact) mass is 186 g/mol. The molecule has 0 aliphatic rings. The summed E-state index contributed by atoms with van der Waals surface area (Å²) in [6, 6.07) is 3.36. The van der Waals surface area contributed by atoms with Crippen LogP contribution in [0.15, 0.2) is 18.3 Å². The summed E-state index contributed by atoms with van der Waals surface area (Å²) in [4.78, 5) is 13.4. The van der Waals surface area contributed by atoms with Gasteiger partial charge in [0.15, 0.2) is 0 Å². The van der Waals surface area contributed by atoms with E-state index in [1.165, 1.54) is 0 Å². The van der Waals surface area contributed by atoms with Crippen LogP contribution < -0.4 is 0 Å². The Morgan fingerprint density at radius 3 is 2.83 bits per heavy atom. The van der Waals surface area contributed by atoms with E-state index in [2.05, 4.69) is 4.98 Å². The third-order valence-corrected chi connectivity index (χ3v) is 1.60. The van der Waals surface area contributed by atoms with Crippen molar-refractivity contribution in [3.8, 4) is 0 Å². The van der Waals surface area contributed by atoms with Crippen LogP contribution in [-0.4, -0.2) is 16.5 Å². The van der Waals surface area contributed by atoms with Crippen molar-refractivity contribution in [2.24, 2.45) is 0 Å². The highest BCUT2D eigenvalue weighted by molar-refractivity contribution is 6.29. The lowest BCUT2D eigenvalue weighted by Crippen LogP contribution is -2.03. The fourth-order valence-electron chi connectivity index (χ4n) is 0.775. The minimum Gasteiger partial charge on any atom is -0.265 e. The zero-order chi connectivity index (χ0) is 8.97. The Bertz CT molecular complexity index is 273. The second-order valence-corrected chi connectivity index (χ2v) is 2.68. The van der Waals surface area contributed by atoms with E-state index in [0.717, 1.165) is 5.56 Å². The first-order valence-electron chi connectivity index (χ1n) is 3.41. The quantitative estimate of drug-likeness (QED) is 0.409. The molecule has 0 aliphatic heterocycles. The van der Waals surface area contributed by atoms with E-state index in [1.807, 2.05) is 0 Å². The predicted molar refractivity (Wildman–Crippen MR) is 44.8 cm³/mol. The number of hydrogen-bond acceptors (Lipinski definition) is 3. The summed E-state index contributed by atoms with van der Waals surface area (Å²) in [5.74, 6) is 0. The molecule has 0 unspecified atom stereocenters. The Labute approximate surface area is 74.3 Å². The van der Waals surface area contributed by atoms with Gasteiger partial charge < -0.3 is 0 Å². The van der Waals surface area contributed by atoms with Crippen molar-refractivity contribution in [1.82, 2.24) is 4.98 Å². The minimum atomic E-state index is -0.353. The Morgan fingerprint density at radius 1 is 1.58 bits per heavy atom. The maximum Gasteiger partial charge on any atom is 0.207 e. The van der Waals surface area contributed by atoms with Gasteiger partial charge in [0.25, 0.3) is 0 Å². The van der Waals surface area contributed by atoms with Crippen molar-refractivity contribution in [1.29, 1.82) is 0 Å². The van der Waals surface area contributed by atoms with Gasteiger partial charge in [-0.25, -0.2) is 4.98 Å². The summed E-state index contributed by atoms with van der Waals surface area (Å²) in [5.41, 5.74) is 0.830. The van der Waals surface area contributed by atoms with Crippen molar-refractivity contribution in [2.45, 2.75) is 6.42 Å². The molecule has 0 amide bonds. The van der Waals surface area contributed by atoms with Crippen LogP contribution in [0.1, 0.15) is 5.56 Å². The lowest BCUT2D eigenvalue weighted by Gasteiger charge is -1.95. The molecule has 0 saturated heterocycles. The average molecular weight is 187 g/mol. The molecule has 1 aromatic heterocycles. The zero-order valence-electron chi connectivity index (χ0n) is 6.24. The first-order valence-corrected chi connectivity index (χ1v) is 3.78. The van der Waals surface area contributed by atoms with E-state index < -0.39 is 0 Å². The normalized spacial score (nSPS) is 9.75. The number of halogens is 1. The van der Waals surface area contributed by atoms with Gasteiger partial charge in [-0.05, 0) is 11.6 Å². The van der Waals surface area contributed by atoms with Gasteiger partial charge in [-0.3, -0.25) is 10.1 Å². The largest absolute Gasteiger partial charge is 0.265 e. The lowest BCUT2D eigenvalue weighted by molar-refractivity contribution is -0.479. The topological polar surface area (TPSA) is 56.0 Å². The van der Waals surface area contributed by atoms with Gasteiger partial charge in [0.2, 0.25) is 6.54 Å². The van der Waals surface area contributed by atoms with Crippen molar-refractivity contribution < 1.29 is 4.92 Å². The van der Waals surface area contributed by atoms with Gasteiger partial charge in [-0.1, -0.05) is 17.7 Å². The van der Waals surface area contributed by atoms with E-state index in [9.17, 15) is 10.1 Å². The van der Waals surface area contributed by atoms with Crippen LogP contribution in [0.25, 0.3) is 0 Å². The molecule has 0 spiro atoms. The summed E-state index contributed by atoms with van der Waals surface area (Å²) >= 11 is 5.53. The highest BCUT2D eigenvalue weighted by Gasteiger charge is 1.99. The molecule has 0 bridgehead atoms. The molecular weight excluding hydrogens is 180 g/mol. The second-order valence-electron chi connectivity index (χ2n) is 2.30. The third-order valence-electron chi connectivity index (χ3n) is 1.37. The molecular formula is C7H7ClN2O2. The van der Waals surface area contributed by atoms with E-state index in [4.69, 9.17) is 11.6 Å². The van der Waals surface area contributed by atoms with Crippen molar-refractivity contribution in [3.63, 3.8) is 0 Å². The van der Waals surface area contributed by atoms with Gasteiger partial charge in [0.1, 0.15) is 5.15 Å². The Hall–Kier alpha value is -1.16. The molecule has 4 nitrogen and oxygen atoms in total. The van der Waals surface area contributed by atoms with Crippen LogP contribution in [0.2, 0.25) is 5.15 Å². The first kappa shape index (κ1) is 8.93. The van der Waals surface area contributed by atoms with E-state index in [-0.39, 0.29) is 11.5 Å². The van der Waals surface area contributed by atoms with Crippen LogP contribution in [0.4, 0.5) is 0 Å². The molecule has 0 aromatic carbocycles. The minimum absolute atomic E-state index is 0.0662. The van der Waals surface area contributed by atoms with Crippen molar-refractivity contribution >= 4 is 11.6 Å². The molecule has 0 atom stereocenters. The van der Waals surface area contributed by atoms with Crippen molar-refractivity contribution in [3.05, 3.63) is 39.2 Å². The summed E-state index contributed by atoms with van der Waals surface area (Å²) in [7, 11) is 0. The van der Waals surface area contributed by atoms with E-state index in [1.54, 1.807) is 18.3 Å². The maximum absolute atomic E-state index is 10.00. The number of hydrogen-bond donors (Lipinski definition) is 0. The Kier molecular flexibility index (Phi) is 2.99. The van der Waals surface area contributed by atoms with Gasteiger partial charge in [0.05, 0.1) is 0 Å². The molecule has 0 aliphatic carbocycles. The molecule has 64 valence electrons. The highest BCUT2D eigenvalue weighted by atomic mass is 35.5. The maximum atomic E-state index is 10.00. The van der Waals surface area contributed by atoms with Crippen LogP contribution in [0, 0.1) is 10.1 Å². The molecule has 0 N–H and O–H groups in total. The molecule has 1 heterocycles. The van der Waals surface area contributed by atoms with Gasteiger partial charge in [-0.2, -0.15) is 0 Å². The number of aromatic nitrogens is 1. The lowest BCUT2D eigenvalue weighted by atomic mass is 10.2. The fraction of sp³-hybridized carbons (Fsp3) is 0.286. The molecule has 0 radical (unpaired) electrons. The van der Waals surface area contributed by atoms with E-state index >= 15 is 0 Å². The molecule has 0 saturated carbocycles. The Balaban J connectivity index is 2.53. The Morgan fingerprint density at radius 2 is 2.33 bits per heavy atom. The summed E-state index contributed by atoms with van der Waals surface area (Å²) in [5, 5.41) is 10.4. The molecule has 5 heteroatoms. The van der Waals surface area contributed by atoms with E-state index in [0.29, 0.717) is 11.6 Å². The molecule has 12 heavy (non-hydrogen) atoms. The SMILES string of the molecule is O=[N+]([O-])CCc1ccc(Cl)nc1. The number of pyridine rings is 1. The summed E-state index contributed by atoms with van der Waals surface area (Å²) in [6.07, 6.45) is 1.95. The van der Waals surface area contributed by atoms with Gasteiger partial charge in [-0.15, -0.1) is 0 Å². The first-order chi connectivity index (χ1) is 5.68. The van der Waals surface area contributed by atoms with Crippen LogP contribution in [0.5, 0.6) is 0 Å². The summed E-state index contributed by atoms with van der Waals surface area (Å²) < 4.78 is 0. The fourth-order valence-corrected chi connectivity index (χ4v) is 0.887. The van der Waals surface area contributed by atoms with Crippen LogP contribution in [-0.2, 0) is 6.42 Å². The molecule has 1 rings (SSSR count). The van der Waals surface area contributed by atoms with Crippen molar-refractivity contribution in [2.75, 3.05) is 6.54 Å². The number of nitrogens with zero attached hydrogens (tertiary/aromatic N) is 2.